The summed E-state index contributed by atoms with van der Waals surface area (Å²) in [5.41, 5.74) is 0. The SMILES string of the molecule is COCCN1CC[C@@H](OC(C)=O)[C@@H]2CCCC[C@@H]21. The highest BCUT2D eigenvalue weighted by molar-refractivity contribution is 5.66. The van der Waals surface area contributed by atoms with Crippen LogP contribution in [0.25, 0.3) is 0 Å². The van der Waals surface area contributed by atoms with Gasteiger partial charge in [-0.05, 0) is 19.3 Å². The zero-order chi connectivity index (χ0) is 13.0. The Kier molecular flexibility index (Phi) is 5.01. The van der Waals surface area contributed by atoms with Crippen LogP contribution in [-0.2, 0) is 14.3 Å². The number of piperidine rings is 1. The number of carbonyl (C=O) groups excluding carboxylic acids is 1. The summed E-state index contributed by atoms with van der Waals surface area (Å²) in [4.78, 5) is 13.7. The van der Waals surface area contributed by atoms with E-state index in [9.17, 15) is 4.79 Å². The number of rotatable bonds is 4. The number of carbonyl (C=O) groups is 1. The van der Waals surface area contributed by atoms with E-state index < -0.39 is 0 Å². The second-order valence-electron chi connectivity index (χ2n) is 5.48. The first-order chi connectivity index (χ1) is 8.72. The summed E-state index contributed by atoms with van der Waals surface area (Å²) in [6.45, 7) is 4.35. The first kappa shape index (κ1) is 13.8. The van der Waals surface area contributed by atoms with E-state index in [1.165, 1.54) is 32.6 Å². The molecule has 4 nitrogen and oxygen atoms in total. The lowest BCUT2D eigenvalue weighted by Crippen LogP contribution is -2.54. The third-order valence-electron chi connectivity index (χ3n) is 4.33. The van der Waals surface area contributed by atoms with Crippen molar-refractivity contribution in [2.45, 2.75) is 51.2 Å². The van der Waals surface area contributed by atoms with Crippen LogP contribution in [0.2, 0.25) is 0 Å². The van der Waals surface area contributed by atoms with Crippen LogP contribution in [0, 0.1) is 5.92 Å². The number of likely N-dealkylation sites (tertiary alicyclic amines) is 1. The smallest absolute Gasteiger partial charge is 0.302 e. The minimum Gasteiger partial charge on any atom is -0.462 e. The molecule has 0 bridgehead atoms. The predicted molar refractivity (Wildman–Crippen MR) is 69.4 cm³/mol. The Hall–Kier alpha value is -0.610. The average molecular weight is 255 g/mol. The van der Waals surface area contributed by atoms with Crippen LogP contribution in [0.5, 0.6) is 0 Å². The average Bonchev–Trinajstić information content (AvgIpc) is 2.37. The number of nitrogens with zero attached hydrogens (tertiary/aromatic N) is 1. The number of methoxy groups -OCH3 is 1. The second kappa shape index (κ2) is 6.53. The third kappa shape index (κ3) is 3.23. The fourth-order valence-electron chi connectivity index (χ4n) is 3.55. The molecule has 0 N–H and O–H groups in total. The van der Waals surface area contributed by atoms with E-state index in [-0.39, 0.29) is 12.1 Å². The molecule has 1 saturated heterocycles. The molecule has 0 spiro atoms. The Morgan fingerprint density at radius 3 is 2.78 bits per heavy atom. The summed E-state index contributed by atoms with van der Waals surface area (Å²) in [5, 5.41) is 0. The maximum Gasteiger partial charge on any atom is 0.302 e. The van der Waals surface area contributed by atoms with Crippen molar-refractivity contribution in [3.8, 4) is 0 Å². The molecule has 0 amide bonds. The number of hydrogen-bond donors (Lipinski definition) is 0. The fourth-order valence-corrected chi connectivity index (χ4v) is 3.55. The van der Waals surface area contributed by atoms with E-state index in [1.807, 2.05) is 0 Å². The van der Waals surface area contributed by atoms with Crippen molar-refractivity contribution in [2.75, 3.05) is 26.8 Å². The van der Waals surface area contributed by atoms with Gasteiger partial charge < -0.3 is 9.47 Å². The maximum atomic E-state index is 11.2. The van der Waals surface area contributed by atoms with Crippen molar-refractivity contribution in [3.63, 3.8) is 0 Å². The van der Waals surface area contributed by atoms with Crippen molar-refractivity contribution in [2.24, 2.45) is 5.92 Å². The molecule has 0 aromatic heterocycles. The molecule has 2 fully saturated rings. The standard InChI is InChI=1S/C14H25NO3/c1-11(16)18-14-7-8-15(9-10-17-2)13-6-4-3-5-12(13)14/h12-14H,3-10H2,1-2H3/t12-,13+,14-/m1/s1. The highest BCUT2D eigenvalue weighted by Crippen LogP contribution is 2.36. The van der Waals surface area contributed by atoms with Gasteiger partial charge in [0.25, 0.3) is 0 Å². The molecule has 2 rings (SSSR count). The lowest BCUT2D eigenvalue weighted by Gasteiger charge is -2.47. The van der Waals surface area contributed by atoms with Crippen molar-refractivity contribution < 1.29 is 14.3 Å². The summed E-state index contributed by atoms with van der Waals surface area (Å²) < 4.78 is 10.7. The molecule has 0 radical (unpaired) electrons. The van der Waals surface area contributed by atoms with Crippen LogP contribution >= 0.6 is 0 Å². The molecular formula is C14H25NO3. The molecule has 0 aromatic rings. The third-order valence-corrected chi connectivity index (χ3v) is 4.33. The van der Waals surface area contributed by atoms with Gasteiger partial charge in [-0.1, -0.05) is 12.8 Å². The summed E-state index contributed by atoms with van der Waals surface area (Å²) in [6.07, 6.45) is 6.14. The molecule has 1 heterocycles. The Morgan fingerprint density at radius 1 is 1.28 bits per heavy atom. The first-order valence-electron chi connectivity index (χ1n) is 7.12. The first-order valence-corrected chi connectivity index (χ1v) is 7.12. The van der Waals surface area contributed by atoms with Gasteiger partial charge in [0.05, 0.1) is 6.61 Å². The van der Waals surface area contributed by atoms with Crippen LogP contribution in [0.3, 0.4) is 0 Å². The van der Waals surface area contributed by atoms with Crippen molar-refractivity contribution >= 4 is 5.97 Å². The van der Waals surface area contributed by atoms with Gasteiger partial charge in [-0.25, -0.2) is 0 Å². The van der Waals surface area contributed by atoms with Crippen LogP contribution < -0.4 is 0 Å². The molecular weight excluding hydrogens is 230 g/mol. The van der Waals surface area contributed by atoms with Crippen molar-refractivity contribution in [1.29, 1.82) is 0 Å². The van der Waals surface area contributed by atoms with Crippen LogP contribution in [-0.4, -0.2) is 49.8 Å². The summed E-state index contributed by atoms with van der Waals surface area (Å²) in [7, 11) is 1.75. The summed E-state index contributed by atoms with van der Waals surface area (Å²) in [5.74, 6) is 0.405. The van der Waals surface area contributed by atoms with E-state index in [0.717, 1.165) is 26.1 Å². The molecule has 1 aliphatic carbocycles. The van der Waals surface area contributed by atoms with Gasteiger partial charge in [-0.2, -0.15) is 0 Å². The second-order valence-corrected chi connectivity index (χ2v) is 5.48. The largest absolute Gasteiger partial charge is 0.462 e. The highest BCUT2D eigenvalue weighted by atomic mass is 16.5. The van der Waals surface area contributed by atoms with Crippen molar-refractivity contribution in [1.82, 2.24) is 4.90 Å². The van der Waals surface area contributed by atoms with E-state index in [4.69, 9.17) is 9.47 Å². The lowest BCUT2D eigenvalue weighted by atomic mass is 9.76. The Morgan fingerprint density at radius 2 is 2.06 bits per heavy atom. The van der Waals surface area contributed by atoms with E-state index >= 15 is 0 Å². The molecule has 18 heavy (non-hydrogen) atoms. The molecule has 0 aromatic carbocycles. The van der Waals surface area contributed by atoms with Crippen LogP contribution in [0.4, 0.5) is 0 Å². The zero-order valence-corrected chi connectivity index (χ0v) is 11.6. The lowest BCUT2D eigenvalue weighted by molar-refractivity contribution is -0.156. The van der Waals surface area contributed by atoms with Gasteiger partial charge in [-0.3, -0.25) is 9.69 Å². The van der Waals surface area contributed by atoms with Gasteiger partial charge in [0.2, 0.25) is 0 Å². The number of hydrogen-bond acceptors (Lipinski definition) is 4. The Bertz CT molecular complexity index is 282. The van der Waals surface area contributed by atoms with Gasteiger partial charge >= 0.3 is 5.97 Å². The Balaban J connectivity index is 1.98. The topological polar surface area (TPSA) is 38.8 Å². The fraction of sp³-hybridized carbons (Fsp3) is 0.929. The predicted octanol–water partition coefficient (Wildman–Crippen LogP) is 1.83. The molecule has 0 unspecified atom stereocenters. The van der Waals surface area contributed by atoms with E-state index in [1.54, 1.807) is 7.11 Å². The summed E-state index contributed by atoms with van der Waals surface area (Å²) in [6, 6.07) is 0.590. The van der Waals surface area contributed by atoms with Gasteiger partial charge in [-0.15, -0.1) is 0 Å². The molecule has 3 atom stereocenters. The van der Waals surface area contributed by atoms with Crippen molar-refractivity contribution in [3.05, 3.63) is 0 Å². The maximum absolute atomic E-state index is 11.2. The minimum absolute atomic E-state index is 0.130. The van der Waals surface area contributed by atoms with E-state index in [2.05, 4.69) is 4.90 Å². The molecule has 1 aliphatic heterocycles. The van der Waals surface area contributed by atoms with Gasteiger partial charge in [0.1, 0.15) is 6.10 Å². The minimum atomic E-state index is -0.130. The molecule has 4 heteroatoms. The van der Waals surface area contributed by atoms with Gasteiger partial charge in [0, 0.05) is 39.1 Å². The van der Waals surface area contributed by atoms with Crippen LogP contribution in [0.1, 0.15) is 39.0 Å². The zero-order valence-electron chi connectivity index (χ0n) is 11.6. The quantitative estimate of drug-likeness (QED) is 0.718. The molecule has 2 aliphatic rings. The highest BCUT2D eigenvalue weighted by Gasteiger charge is 2.40. The number of fused-ring (bicyclic) bond motifs is 1. The summed E-state index contributed by atoms with van der Waals surface area (Å²) >= 11 is 0. The van der Waals surface area contributed by atoms with Gasteiger partial charge in [0.15, 0.2) is 0 Å². The normalized spacial score (nSPS) is 32.9. The number of ether oxygens (including phenoxy) is 2. The van der Waals surface area contributed by atoms with Crippen LogP contribution in [0.15, 0.2) is 0 Å². The van der Waals surface area contributed by atoms with E-state index in [0.29, 0.717) is 12.0 Å². The number of esters is 1. The monoisotopic (exact) mass is 255 g/mol. The molecule has 104 valence electrons. The Labute approximate surface area is 110 Å². The molecule has 1 saturated carbocycles.